The van der Waals surface area contributed by atoms with Crippen LogP contribution in [0.4, 0.5) is 10.2 Å². The lowest BCUT2D eigenvalue weighted by Crippen LogP contribution is -2.47. The fourth-order valence-corrected chi connectivity index (χ4v) is 5.24. The van der Waals surface area contributed by atoms with Crippen LogP contribution in [-0.4, -0.2) is 64.8 Å². The molecular formula is C26H34FN5OS. The number of anilines is 1. The van der Waals surface area contributed by atoms with Gasteiger partial charge in [-0.25, -0.2) is 9.07 Å². The van der Waals surface area contributed by atoms with Gasteiger partial charge >= 0.3 is 0 Å². The minimum atomic E-state index is -0.285. The summed E-state index contributed by atoms with van der Waals surface area (Å²) in [5, 5.41) is 6.85. The lowest BCUT2D eigenvalue weighted by molar-refractivity contribution is -0.131. The zero-order valence-electron chi connectivity index (χ0n) is 20.3. The van der Waals surface area contributed by atoms with Crippen molar-refractivity contribution in [1.82, 2.24) is 19.6 Å². The number of nitrogens with zero attached hydrogens (tertiary/aromatic N) is 5. The van der Waals surface area contributed by atoms with Crippen molar-refractivity contribution in [2.75, 3.05) is 44.2 Å². The first-order valence-corrected chi connectivity index (χ1v) is 13.0. The number of carbonyl (C=O) groups excluding carboxylic acids is 1. The van der Waals surface area contributed by atoms with E-state index in [1.165, 1.54) is 12.1 Å². The van der Waals surface area contributed by atoms with Gasteiger partial charge in [0.1, 0.15) is 11.6 Å². The number of aryl methyl sites for hydroxylation is 1. The molecule has 1 aromatic carbocycles. The monoisotopic (exact) mass is 483 g/mol. The molecule has 1 amide bonds. The minimum Gasteiger partial charge on any atom is -0.354 e. The average molecular weight is 484 g/mol. The Bertz CT molecular complexity index is 1090. The minimum absolute atomic E-state index is 0.129. The Balaban J connectivity index is 1.69. The van der Waals surface area contributed by atoms with Gasteiger partial charge in [0, 0.05) is 43.2 Å². The number of carbonyl (C=O) groups is 1. The van der Waals surface area contributed by atoms with E-state index >= 15 is 0 Å². The fourth-order valence-electron chi connectivity index (χ4n) is 4.55. The highest BCUT2D eigenvalue weighted by atomic mass is 32.1. The molecule has 0 N–H and O–H groups in total. The summed E-state index contributed by atoms with van der Waals surface area (Å²) in [5.41, 5.74) is 2.62. The normalized spacial score (nSPS) is 14.5. The number of rotatable bonds is 9. The van der Waals surface area contributed by atoms with Crippen molar-refractivity contribution in [1.29, 1.82) is 0 Å². The van der Waals surface area contributed by atoms with Crippen LogP contribution in [0.25, 0.3) is 5.69 Å². The number of aromatic nitrogens is 2. The first-order valence-electron chi connectivity index (χ1n) is 12.1. The second-order valence-corrected chi connectivity index (χ2v) is 9.80. The molecule has 0 bridgehead atoms. The third-order valence-corrected chi connectivity index (χ3v) is 7.31. The van der Waals surface area contributed by atoms with Crippen LogP contribution < -0.4 is 4.90 Å². The topological polar surface area (TPSA) is 44.6 Å². The molecule has 0 atom stereocenters. The second kappa shape index (κ2) is 11.1. The number of halogens is 1. The van der Waals surface area contributed by atoms with Gasteiger partial charge < -0.3 is 14.7 Å². The van der Waals surface area contributed by atoms with Crippen LogP contribution in [0.15, 0.2) is 41.8 Å². The second-order valence-electron chi connectivity index (χ2n) is 8.77. The number of likely N-dealkylation sites (N-methyl/N-ethyl adjacent to an activating group) is 1. The Hall–Kier alpha value is -2.71. The number of amides is 1. The summed E-state index contributed by atoms with van der Waals surface area (Å²) >= 11 is 1.61. The summed E-state index contributed by atoms with van der Waals surface area (Å²) in [4.78, 5) is 21.0. The molecule has 6 nitrogen and oxygen atoms in total. The lowest BCUT2D eigenvalue weighted by atomic mass is 10.1. The van der Waals surface area contributed by atoms with Crippen LogP contribution in [0, 0.1) is 12.7 Å². The molecule has 2 aromatic heterocycles. The predicted octanol–water partition coefficient (Wildman–Crippen LogP) is 4.50. The lowest BCUT2D eigenvalue weighted by Gasteiger charge is -2.36. The van der Waals surface area contributed by atoms with Crippen molar-refractivity contribution in [2.45, 2.75) is 40.2 Å². The van der Waals surface area contributed by atoms with Crippen LogP contribution >= 0.6 is 11.3 Å². The number of hydrogen-bond donors (Lipinski definition) is 0. The highest BCUT2D eigenvalue weighted by Crippen LogP contribution is 2.30. The zero-order valence-corrected chi connectivity index (χ0v) is 21.2. The predicted molar refractivity (Wildman–Crippen MR) is 136 cm³/mol. The Morgan fingerprint density at radius 3 is 2.59 bits per heavy atom. The molecule has 8 heteroatoms. The molecule has 1 saturated heterocycles. The maximum Gasteiger partial charge on any atom is 0.228 e. The van der Waals surface area contributed by atoms with Gasteiger partial charge in [0.2, 0.25) is 5.91 Å². The first kappa shape index (κ1) is 24.4. The highest BCUT2D eigenvalue weighted by molar-refractivity contribution is 7.10. The van der Waals surface area contributed by atoms with E-state index < -0.39 is 0 Å². The van der Waals surface area contributed by atoms with E-state index in [0.717, 1.165) is 61.1 Å². The van der Waals surface area contributed by atoms with Crippen LogP contribution in [0.3, 0.4) is 0 Å². The maximum absolute atomic E-state index is 14.1. The summed E-state index contributed by atoms with van der Waals surface area (Å²) in [6.45, 7) is 12.2. The molecular weight excluding hydrogens is 449 g/mol. The van der Waals surface area contributed by atoms with Crippen molar-refractivity contribution < 1.29 is 9.18 Å². The van der Waals surface area contributed by atoms with E-state index in [0.29, 0.717) is 25.2 Å². The third kappa shape index (κ3) is 5.50. The molecule has 0 saturated carbocycles. The van der Waals surface area contributed by atoms with Gasteiger partial charge in [0.15, 0.2) is 0 Å². The van der Waals surface area contributed by atoms with Crippen molar-refractivity contribution in [2.24, 2.45) is 0 Å². The zero-order chi connectivity index (χ0) is 24.1. The van der Waals surface area contributed by atoms with Gasteiger partial charge in [-0.1, -0.05) is 26.0 Å². The van der Waals surface area contributed by atoms with E-state index in [1.807, 2.05) is 40.1 Å². The van der Waals surface area contributed by atoms with E-state index in [1.54, 1.807) is 17.4 Å². The van der Waals surface area contributed by atoms with E-state index in [9.17, 15) is 9.18 Å². The molecule has 34 heavy (non-hydrogen) atoms. The molecule has 0 aliphatic carbocycles. The molecule has 0 radical (unpaired) electrons. The summed E-state index contributed by atoms with van der Waals surface area (Å²) in [6.07, 6.45) is 1.30. The molecule has 0 unspecified atom stereocenters. The molecule has 3 heterocycles. The third-order valence-electron chi connectivity index (χ3n) is 6.43. The van der Waals surface area contributed by atoms with E-state index in [-0.39, 0.29) is 11.7 Å². The molecule has 0 spiro atoms. The fraction of sp³-hybridized carbons (Fsp3) is 0.462. The average Bonchev–Trinajstić information content (AvgIpc) is 3.46. The molecule has 3 aromatic rings. The summed E-state index contributed by atoms with van der Waals surface area (Å²) in [5.74, 6) is 0.820. The maximum atomic E-state index is 14.1. The Morgan fingerprint density at radius 1 is 1.15 bits per heavy atom. The van der Waals surface area contributed by atoms with Gasteiger partial charge in [-0.15, -0.1) is 11.3 Å². The van der Waals surface area contributed by atoms with Gasteiger partial charge in [-0.05, 0) is 49.5 Å². The number of thiophene rings is 1. The molecule has 1 fully saturated rings. The van der Waals surface area contributed by atoms with E-state index in [4.69, 9.17) is 5.10 Å². The number of hydrogen-bond acceptors (Lipinski definition) is 5. The Labute approximate surface area is 205 Å². The van der Waals surface area contributed by atoms with Gasteiger partial charge in [-0.3, -0.25) is 4.79 Å². The molecule has 1 aliphatic rings. The van der Waals surface area contributed by atoms with Crippen LogP contribution in [0.1, 0.15) is 36.4 Å². The molecule has 1 aliphatic heterocycles. The summed E-state index contributed by atoms with van der Waals surface area (Å²) < 4.78 is 16.0. The van der Waals surface area contributed by atoms with Crippen molar-refractivity contribution in [3.63, 3.8) is 0 Å². The highest BCUT2D eigenvalue weighted by Gasteiger charge is 2.27. The van der Waals surface area contributed by atoms with Crippen LogP contribution in [-0.2, 0) is 17.8 Å². The smallest absolute Gasteiger partial charge is 0.228 e. The quantitative estimate of drug-likeness (QED) is 0.449. The van der Waals surface area contributed by atoms with Crippen molar-refractivity contribution in [3.8, 4) is 5.69 Å². The van der Waals surface area contributed by atoms with Gasteiger partial charge in [0.05, 0.1) is 24.3 Å². The van der Waals surface area contributed by atoms with Crippen LogP contribution in [0.5, 0.6) is 0 Å². The van der Waals surface area contributed by atoms with Crippen molar-refractivity contribution in [3.05, 3.63) is 63.7 Å². The van der Waals surface area contributed by atoms with Gasteiger partial charge in [0.25, 0.3) is 0 Å². The number of piperazine rings is 1. The summed E-state index contributed by atoms with van der Waals surface area (Å²) in [7, 11) is 0. The number of benzene rings is 1. The first-order chi connectivity index (χ1) is 16.5. The van der Waals surface area contributed by atoms with Crippen molar-refractivity contribution >= 4 is 23.1 Å². The van der Waals surface area contributed by atoms with E-state index in [2.05, 4.69) is 23.6 Å². The summed E-state index contributed by atoms with van der Waals surface area (Å²) in [6, 6.07) is 10.6. The Kier molecular flexibility index (Phi) is 8.00. The Morgan fingerprint density at radius 2 is 1.94 bits per heavy atom. The molecule has 4 rings (SSSR count). The SMILES string of the molecule is CCCN(Cc1c(C)nn(-c2cccc(F)c2)c1N1CCN(CC)CC1)C(=O)Cc1cccs1. The largest absolute Gasteiger partial charge is 0.354 e. The standard InChI is InChI=1S/C26H34FN5OS/c1-4-11-31(25(33)18-23-10-7-16-34-23)19-24-20(3)28-32(22-9-6-8-21(27)17-22)26(24)30-14-12-29(5-2)13-15-30/h6-10,16-17H,4-5,11-15,18-19H2,1-3H3. The molecule has 182 valence electrons. The van der Waals surface area contributed by atoms with Gasteiger partial charge in [-0.2, -0.15) is 5.10 Å². The van der Waals surface area contributed by atoms with Crippen LogP contribution in [0.2, 0.25) is 0 Å².